The first-order chi connectivity index (χ1) is 11.1. The number of anilines is 1. The topological polar surface area (TPSA) is 81.9 Å². The zero-order valence-corrected chi connectivity index (χ0v) is 13.1. The third kappa shape index (κ3) is 2.85. The molecular weight excluding hydrogens is 294 g/mol. The number of carbonyl (C=O) groups excluding carboxylic acids is 1. The van der Waals surface area contributed by atoms with Crippen LogP contribution in [0.5, 0.6) is 5.75 Å². The predicted molar refractivity (Wildman–Crippen MR) is 86.7 cm³/mol. The molecule has 0 atom stereocenters. The maximum Gasteiger partial charge on any atom is 0.257 e. The molecule has 0 saturated heterocycles. The van der Waals surface area contributed by atoms with E-state index in [0.29, 0.717) is 22.5 Å². The van der Waals surface area contributed by atoms with E-state index in [9.17, 15) is 4.79 Å². The zero-order chi connectivity index (χ0) is 16.4. The van der Waals surface area contributed by atoms with Gasteiger partial charge in [0.15, 0.2) is 5.65 Å². The van der Waals surface area contributed by atoms with Crippen molar-refractivity contribution in [2.75, 3.05) is 12.4 Å². The fourth-order valence-electron chi connectivity index (χ4n) is 2.27. The Labute approximate surface area is 133 Å². The average Bonchev–Trinajstić information content (AvgIpc) is 2.98. The molecule has 118 valence electrons. The number of rotatable bonds is 4. The first-order valence-corrected chi connectivity index (χ1v) is 7.22. The minimum Gasteiger partial charge on any atom is -0.494 e. The van der Waals surface area contributed by atoms with Crippen molar-refractivity contribution in [2.24, 2.45) is 0 Å². The van der Waals surface area contributed by atoms with Gasteiger partial charge < -0.3 is 14.6 Å². The number of fused-ring (bicyclic) bond motifs is 1. The molecule has 0 fully saturated rings. The Morgan fingerprint density at radius 2 is 2.13 bits per heavy atom. The lowest BCUT2D eigenvalue weighted by Crippen LogP contribution is -2.13. The van der Waals surface area contributed by atoms with Gasteiger partial charge in [-0.1, -0.05) is 0 Å². The predicted octanol–water partition coefficient (Wildman–Crippen LogP) is 2.67. The van der Waals surface area contributed by atoms with Gasteiger partial charge in [-0.25, -0.2) is 9.97 Å². The quantitative estimate of drug-likeness (QED) is 0.801. The van der Waals surface area contributed by atoms with Crippen molar-refractivity contribution in [1.29, 1.82) is 0 Å². The van der Waals surface area contributed by atoms with Crippen molar-refractivity contribution in [3.05, 3.63) is 42.6 Å². The third-order valence-corrected chi connectivity index (χ3v) is 3.48. The van der Waals surface area contributed by atoms with Crippen LogP contribution < -0.4 is 10.1 Å². The Morgan fingerprint density at radius 3 is 2.87 bits per heavy atom. The molecule has 0 spiro atoms. The fourth-order valence-corrected chi connectivity index (χ4v) is 2.27. The van der Waals surface area contributed by atoms with E-state index in [2.05, 4.69) is 34.1 Å². The second-order valence-corrected chi connectivity index (χ2v) is 5.34. The lowest BCUT2D eigenvalue weighted by Gasteiger charge is -2.09. The van der Waals surface area contributed by atoms with Crippen molar-refractivity contribution in [1.82, 2.24) is 19.5 Å². The SMILES string of the molecule is COc1ccncc1NC(=O)c1cnc2c(c1)ncn2C(C)C. The largest absolute Gasteiger partial charge is 0.494 e. The monoisotopic (exact) mass is 311 g/mol. The number of pyridine rings is 2. The van der Waals surface area contributed by atoms with Crippen molar-refractivity contribution < 1.29 is 9.53 Å². The molecule has 0 aliphatic rings. The van der Waals surface area contributed by atoms with E-state index in [0.717, 1.165) is 5.65 Å². The molecule has 3 aromatic heterocycles. The number of nitrogens with zero attached hydrogens (tertiary/aromatic N) is 4. The third-order valence-electron chi connectivity index (χ3n) is 3.48. The summed E-state index contributed by atoms with van der Waals surface area (Å²) in [5.41, 5.74) is 2.38. The Hall–Kier alpha value is -2.96. The van der Waals surface area contributed by atoms with Crippen LogP contribution in [0.3, 0.4) is 0 Å². The van der Waals surface area contributed by atoms with Crippen LogP contribution in [0.4, 0.5) is 5.69 Å². The second kappa shape index (κ2) is 6.04. The first kappa shape index (κ1) is 15.0. The van der Waals surface area contributed by atoms with Crippen LogP contribution in [0.2, 0.25) is 0 Å². The number of hydrogen-bond acceptors (Lipinski definition) is 5. The van der Waals surface area contributed by atoms with Crippen molar-refractivity contribution in [3.8, 4) is 5.75 Å². The molecule has 3 heterocycles. The molecule has 7 heteroatoms. The first-order valence-electron chi connectivity index (χ1n) is 7.22. The molecule has 23 heavy (non-hydrogen) atoms. The van der Waals surface area contributed by atoms with Crippen molar-refractivity contribution >= 4 is 22.8 Å². The summed E-state index contributed by atoms with van der Waals surface area (Å²) in [7, 11) is 1.54. The van der Waals surface area contributed by atoms with E-state index in [1.165, 1.54) is 13.3 Å². The van der Waals surface area contributed by atoms with Gasteiger partial charge in [0.1, 0.15) is 17.0 Å². The van der Waals surface area contributed by atoms with Crippen molar-refractivity contribution in [2.45, 2.75) is 19.9 Å². The van der Waals surface area contributed by atoms with E-state index in [4.69, 9.17) is 4.74 Å². The number of aromatic nitrogens is 4. The van der Waals surface area contributed by atoms with Crippen molar-refractivity contribution in [3.63, 3.8) is 0 Å². The van der Waals surface area contributed by atoms with Gasteiger partial charge in [0.25, 0.3) is 5.91 Å². The standard InChI is InChI=1S/C16H17N5O2/c1-10(2)21-9-19-12-6-11(7-18-15(12)21)16(22)20-13-8-17-5-4-14(13)23-3/h4-10H,1-3H3,(H,20,22). The van der Waals surface area contributed by atoms with Crippen LogP contribution in [0.1, 0.15) is 30.2 Å². The number of carbonyl (C=O) groups is 1. The Kier molecular flexibility index (Phi) is 3.92. The lowest BCUT2D eigenvalue weighted by molar-refractivity contribution is 0.102. The van der Waals surface area contributed by atoms with E-state index >= 15 is 0 Å². The summed E-state index contributed by atoms with van der Waals surface area (Å²) in [6, 6.07) is 3.66. The Balaban J connectivity index is 1.89. The van der Waals surface area contributed by atoms with Gasteiger partial charge in [-0.3, -0.25) is 9.78 Å². The average molecular weight is 311 g/mol. The van der Waals surface area contributed by atoms with Gasteiger partial charge in [-0.2, -0.15) is 0 Å². The molecule has 0 bridgehead atoms. The van der Waals surface area contributed by atoms with Crippen LogP contribution >= 0.6 is 0 Å². The molecule has 0 radical (unpaired) electrons. The molecule has 3 rings (SSSR count). The molecule has 3 aromatic rings. The molecule has 1 N–H and O–H groups in total. The number of imidazole rings is 1. The maximum atomic E-state index is 12.4. The maximum absolute atomic E-state index is 12.4. The van der Waals surface area contributed by atoms with Gasteiger partial charge in [0.05, 0.1) is 25.2 Å². The Bertz CT molecular complexity index is 857. The number of methoxy groups -OCH3 is 1. The summed E-state index contributed by atoms with van der Waals surface area (Å²) < 4.78 is 7.16. The highest BCUT2D eigenvalue weighted by Crippen LogP contribution is 2.23. The normalized spacial score (nSPS) is 11.0. The number of amides is 1. The van der Waals surface area contributed by atoms with Gasteiger partial charge >= 0.3 is 0 Å². The summed E-state index contributed by atoms with van der Waals surface area (Å²) in [5.74, 6) is 0.260. The lowest BCUT2D eigenvalue weighted by atomic mass is 10.2. The van der Waals surface area contributed by atoms with Crippen LogP contribution in [0.15, 0.2) is 37.1 Å². The molecule has 0 aliphatic heterocycles. The van der Waals surface area contributed by atoms with Gasteiger partial charge in [0, 0.05) is 24.5 Å². The van der Waals surface area contributed by atoms with Gasteiger partial charge in [0.2, 0.25) is 0 Å². The van der Waals surface area contributed by atoms with E-state index in [1.54, 1.807) is 30.9 Å². The summed E-state index contributed by atoms with van der Waals surface area (Å²) in [4.78, 5) is 25.1. The highest BCUT2D eigenvalue weighted by molar-refractivity contribution is 6.06. The second-order valence-electron chi connectivity index (χ2n) is 5.34. The number of ether oxygens (including phenoxy) is 1. The van der Waals surface area contributed by atoms with Gasteiger partial charge in [-0.05, 0) is 19.9 Å². The van der Waals surface area contributed by atoms with Crippen LogP contribution in [0, 0.1) is 0 Å². The molecule has 0 aliphatic carbocycles. The smallest absolute Gasteiger partial charge is 0.257 e. The van der Waals surface area contributed by atoms with Crippen LogP contribution in [-0.4, -0.2) is 32.5 Å². The van der Waals surface area contributed by atoms with E-state index in [1.807, 2.05) is 4.57 Å². The molecule has 1 amide bonds. The fraction of sp³-hybridized carbons (Fsp3) is 0.250. The van der Waals surface area contributed by atoms with Crippen LogP contribution in [-0.2, 0) is 0 Å². The minimum absolute atomic E-state index is 0.256. The Morgan fingerprint density at radius 1 is 1.30 bits per heavy atom. The van der Waals surface area contributed by atoms with E-state index < -0.39 is 0 Å². The molecule has 0 aromatic carbocycles. The summed E-state index contributed by atoms with van der Waals surface area (Å²) in [6.07, 6.45) is 6.41. The molecule has 0 saturated carbocycles. The number of hydrogen-bond donors (Lipinski definition) is 1. The van der Waals surface area contributed by atoms with E-state index in [-0.39, 0.29) is 11.9 Å². The highest BCUT2D eigenvalue weighted by atomic mass is 16.5. The molecule has 7 nitrogen and oxygen atoms in total. The number of nitrogens with one attached hydrogen (secondary N) is 1. The molecular formula is C16H17N5O2. The summed E-state index contributed by atoms with van der Waals surface area (Å²) >= 11 is 0. The summed E-state index contributed by atoms with van der Waals surface area (Å²) in [6.45, 7) is 4.11. The minimum atomic E-state index is -0.287. The summed E-state index contributed by atoms with van der Waals surface area (Å²) in [5, 5.41) is 2.77. The van der Waals surface area contributed by atoms with Crippen LogP contribution in [0.25, 0.3) is 11.2 Å². The highest BCUT2D eigenvalue weighted by Gasteiger charge is 2.13. The molecule has 0 unspecified atom stereocenters. The van der Waals surface area contributed by atoms with Gasteiger partial charge in [-0.15, -0.1) is 0 Å². The zero-order valence-electron chi connectivity index (χ0n) is 13.1.